The molecule has 4 heteroatoms. The van der Waals surface area contributed by atoms with Gasteiger partial charge in [0.1, 0.15) is 0 Å². The molecule has 1 unspecified atom stereocenters. The van der Waals surface area contributed by atoms with Crippen LogP contribution in [-0.4, -0.2) is 10.7 Å². The Balaban J connectivity index is 2.62. The van der Waals surface area contributed by atoms with Crippen LogP contribution in [0.5, 0.6) is 0 Å². The van der Waals surface area contributed by atoms with Gasteiger partial charge in [0.25, 0.3) is 0 Å². The predicted octanol–water partition coefficient (Wildman–Crippen LogP) is 2.86. The van der Waals surface area contributed by atoms with Gasteiger partial charge >= 0.3 is 0 Å². The van der Waals surface area contributed by atoms with Crippen LogP contribution in [0.15, 0.2) is 24.3 Å². The lowest BCUT2D eigenvalue weighted by molar-refractivity contribution is -0.115. The highest BCUT2D eigenvalue weighted by atomic mass is 79.9. The molecular formula is C12H13BrN2O. The molecule has 0 aliphatic carbocycles. The van der Waals surface area contributed by atoms with E-state index in [-0.39, 0.29) is 10.7 Å². The van der Waals surface area contributed by atoms with Gasteiger partial charge in [0, 0.05) is 5.69 Å². The van der Waals surface area contributed by atoms with Gasteiger partial charge in [0.05, 0.1) is 17.3 Å². The molecule has 0 heterocycles. The molecule has 0 aliphatic rings. The fourth-order valence-corrected chi connectivity index (χ4v) is 1.32. The number of alkyl halides is 1. The van der Waals surface area contributed by atoms with E-state index in [4.69, 9.17) is 5.26 Å². The molecule has 0 saturated carbocycles. The lowest BCUT2D eigenvalue weighted by Gasteiger charge is -2.08. The lowest BCUT2D eigenvalue weighted by Crippen LogP contribution is -2.21. The summed E-state index contributed by atoms with van der Waals surface area (Å²) >= 11 is 3.28. The molecule has 1 aromatic carbocycles. The van der Waals surface area contributed by atoms with Crippen LogP contribution >= 0.6 is 15.9 Å². The Bertz CT molecular complexity index is 394. The number of halogens is 1. The Morgan fingerprint density at radius 2 is 2.12 bits per heavy atom. The van der Waals surface area contributed by atoms with Gasteiger partial charge < -0.3 is 5.32 Å². The summed E-state index contributed by atoms with van der Waals surface area (Å²) in [5.74, 6) is -0.0458. The zero-order valence-electron chi connectivity index (χ0n) is 9.03. The topological polar surface area (TPSA) is 52.9 Å². The molecule has 0 saturated heterocycles. The van der Waals surface area contributed by atoms with Gasteiger partial charge in [0.15, 0.2) is 0 Å². The molecular weight excluding hydrogens is 268 g/mol. The van der Waals surface area contributed by atoms with Crippen molar-refractivity contribution < 1.29 is 4.79 Å². The molecule has 0 fully saturated rings. The SMILES string of the molecule is CCC(Br)C(=O)Nc1ccc(CC#N)cc1. The maximum atomic E-state index is 11.5. The molecule has 1 rings (SSSR count). The predicted molar refractivity (Wildman–Crippen MR) is 67.4 cm³/mol. The highest BCUT2D eigenvalue weighted by Crippen LogP contribution is 2.13. The summed E-state index contributed by atoms with van der Waals surface area (Å²) in [6, 6.07) is 9.37. The molecule has 16 heavy (non-hydrogen) atoms. The number of nitrogens with zero attached hydrogens (tertiary/aromatic N) is 1. The maximum absolute atomic E-state index is 11.5. The van der Waals surface area contributed by atoms with Crippen molar-refractivity contribution in [3.05, 3.63) is 29.8 Å². The third-order valence-electron chi connectivity index (χ3n) is 2.15. The second kappa shape index (κ2) is 6.29. The van der Waals surface area contributed by atoms with Crippen molar-refractivity contribution in [2.24, 2.45) is 0 Å². The van der Waals surface area contributed by atoms with Crippen molar-refractivity contribution >= 4 is 27.5 Å². The number of hydrogen-bond donors (Lipinski definition) is 1. The summed E-state index contributed by atoms with van der Waals surface area (Å²) in [5, 5.41) is 11.3. The first-order valence-corrected chi connectivity index (χ1v) is 5.99. The van der Waals surface area contributed by atoms with Crippen LogP contribution in [0.2, 0.25) is 0 Å². The standard InChI is InChI=1S/C12H13BrN2O/c1-2-11(13)12(16)15-10-5-3-9(4-6-10)7-8-14/h3-6,11H,2,7H2,1H3,(H,15,16). The first-order chi connectivity index (χ1) is 7.67. The minimum absolute atomic E-state index is 0.0458. The van der Waals surface area contributed by atoms with Crippen molar-refractivity contribution in [2.75, 3.05) is 5.32 Å². The number of nitriles is 1. The van der Waals surface area contributed by atoms with Crippen LogP contribution in [0.4, 0.5) is 5.69 Å². The van der Waals surface area contributed by atoms with E-state index in [1.165, 1.54) is 0 Å². The Morgan fingerprint density at radius 1 is 1.50 bits per heavy atom. The Labute approximate surface area is 104 Å². The number of carbonyl (C=O) groups is 1. The van der Waals surface area contributed by atoms with Crippen LogP contribution in [0, 0.1) is 11.3 Å². The molecule has 84 valence electrons. The third kappa shape index (κ3) is 3.67. The largest absolute Gasteiger partial charge is 0.325 e. The minimum Gasteiger partial charge on any atom is -0.325 e. The number of benzene rings is 1. The summed E-state index contributed by atoms with van der Waals surface area (Å²) in [5.41, 5.74) is 1.70. The first-order valence-electron chi connectivity index (χ1n) is 5.08. The average molecular weight is 281 g/mol. The normalized spacial score (nSPS) is 11.6. The molecule has 0 spiro atoms. The maximum Gasteiger partial charge on any atom is 0.238 e. The third-order valence-corrected chi connectivity index (χ3v) is 3.21. The number of anilines is 1. The lowest BCUT2D eigenvalue weighted by atomic mass is 10.1. The molecule has 0 bridgehead atoms. The van der Waals surface area contributed by atoms with Gasteiger partial charge in [-0.25, -0.2) is 0 Å². The fraction of sp³-hybridized carbons (Fsp3) is 0.333. The highest BCUT2D eigenvalue weighted by molar-refractivity contribution is 9.10. The quantitative estimate of drug-likeness (QED) is 0.863. The van der Waals surface area contributed by atoms with Gasteiger partial charge in [-0.3, -0.25) is 4.79 Å². The fourth-order valence-electron chi connectivity index (χ4n) is 1.20. The Morgan fingerprint density at radius 3 is 2.62 bits per heavy atom. The van der Waals surface area contributed by atoms with Crippen LogP contribution in [0.1, 0.15) is 18.9 Å². The first kappa shape index (κ1) is 12.7. The van der Waals surface area contributed by atoms with E-state index >= 15 is 0 Å². The zero-order chi connectivity index (χ0) is 12.0. The molecule has 1 amide bonds. The summed E-state index contributed by atoms with van der Waals surface area (Å²) in [4.78, 5) is 11.4. The number of nitrogens with one attached hydrogen (secondary N) is 1. The summed E-state index contributed by atoms with van der Waals surface area (Å²) in [6.45, 7) is 1.94. The second-order valence-electron chi connectivity index (χ2n) is 3.40. The van der Waals surface area contributed by atoms with E-state index in [1.807, 2.05) is 19.1 Å². The van der Waals surface area contributed by atoms with Crippen molar-refractivity contribution in [2.45, 2.75) is 24.6 Å². The Kier molecular flexibility index (Phi) is 5.00. The highest BCUT2D eigenvalue weighted by Gasteiger charge is 2.11. The van der Waals surface area contributed by atoms with Crippen molar-refractivity contribution in [1.29, 1.82) is 5.26 Å². The number of hydrogen-bond acceptors (Lipinski definition) is 2. The van der Waals surface area contributed by atoms with Gasteiger partial charge in [-0.1, -0.05) is 35.0 Å². The van der Waals surface area contributed by atoms with Crippen molar-refractivity contribution in [3.63, 3.8) is 0 Å². The summed E-state index contributed by atoms with van der Waals surface area (Å²) in [7, 11) is 0. The summed E-state index contributed by atoms with van der Waals surface area (Å²) in [6.07, 6.45) is 1.14. The van der Waals surface area contributed by atoms with Crippen LogP contribution in [0.25, 0.3) is 0 Å². The van der Waals surface area contributed by atoms with E-state index in [2.05, 4.69) is 27.3 Å². The molecule has 3 nitrogen and oxygen atoms in total. The van der Waals surface area contributed by atoms with E-state index in [0.29, 0.717) is 6.42 Å². The minimum atomic E-state index is -0.161. The van der Waals surface area contributed by atoms with Crippen molar-refractivity contribution in [3.8, 4) is 6.07 Å². The molecule has 1 aromatic rings. The number of rotatable bonds is 4. The average Bonchev–Trinajstić information content (AvgIpc) is 2.31. The monoisotopic (exact) mass is 280 g/mol. The van der Waals surface area contributed by atoms with Gasteiger partial charge in [-0.15, -0.1) is 0 Å². The molecule has 0 aliphatic heterocycles. The van der Waals surface area contributed by atoms with Crippen LogP contribution in [-0.2, 0) is 11.2 Å². The van der Waals surface area contributed by atoms with Crippen molar-refractivity contribution in [1.82, 2.24) is 0 Å². The molecule has 1 atom stereocenters. The van der Waals surface area contributed by atoms with Crippen LogP contribution < -0.4 is 5.32 Å². The smallest absolute Gasteiger partial charge is 0.238 e. The molecule has 1 N–H and O–H groups in total. The van der Waals surface area contributed by atoms with Gasteiger partial charge in [-0.2, -0.15) is 5.26 Å². The van der Waals surface area contributed by atoms with E-state index in [0.717, 1.165) is 17.7 Å². The van der Waals surface area contributed by atoms with Gasteiger partial charge in [0.2, 0.25) is 5.91 Å². The van der Waals surface area contributed by atoms with E-state index in [1.54, 1.807) is 12.1 Å². The zero-order valence-corrected chi connectivity index (χ0v) is 10.6. The van der Waals surface area contributed by atoms with E-state index < -0.39 is 0 Å². The molecule has 0 aromatic heterocycles. The van der Waals surface area contributed by atoms with Gasteiger partial charge in [-0.05, 0) is 24.1 Å². The molecule has 0 radical (unpaired) electrons. The van der Waals surface area contributed by atoms with E-state index in [9.17, 15) is 4.79 Å². The number of carbonyl (C=O) groups excluding carboxylic acids is 1. The summed E-state index contributed by atoms with van der Waals surface area (Å²) < 4.78 is 0. The Hall–Kier alpha value is -1.34. The second-order valence-corrected chi connectivity index (χ2v) is 4.50. The van der Waals surface area contributed by atoms with Crippen LogP contribution in [0.3, 0.4) is 0 Å². The number of amides is 1.